The highest BCUT2D eigenvalue weighted by Crippen LogP contribution is 2.17. The van der Waals surface area contributed by atoms with E-state index in [-0.39, 0.29) is 6.09 Å². The average Bonchev–Trinajstić information content (AvgIpc) is 2.45. The van der Waals surface area contributed by atoms with E-state index in [9.17, 15) is 4.79 Å². The number of anilines is 1. The highest BCUT2D eigenvalue weighted by molar-refractivity contribution is 5.68. The van der Waals surface area contributed by atoms with Crippen LogP contribution in [-0.2, 0) is 4.74 Å². The molecule has 0 saturated heterocycles. The van der Waals surface area contributed by atoms with Crippen molar-refractivity contribution in [2.45, 2.75) is 39.7 Å². The fraction of sp³-hybridized carbons (Fsp3) is 0.529. The van der Waals surface area contributed by atoms with Gasteiger partial charge in [-0.2, -0.15) is 0 Å². The summed E-state index contributed by atoms with van der Waals surface area (Å²) in [6, 6.07) is 1.98. The lowest BCUT2D eigenvalue weighted by atomic mass is 10.1. The first-order valence-electron chi connectivity index (χ1n) is 7.65. The fourth-order valence-corrected chi connectivity index (χ4v) is 2.24. The first-order chi connectivity index (χ1) is 10.3. The molecule has 5 heteroatoms. The van der Waals surface area contributed by atoms with Crippen LogP contribution in [0, 0.1) is 6.92 Å². The van der Waals surface area contributed by atoms with Crippen molar-refractivity contribution in [3.63, 3.8) is 0 Å². The summed E-state index contributed by atoms with van der Waals surface area (Å²) in [5, 5.41) is 3.42. The standard InChI is InChI=1S/C17H25N3O2/c1-13-11-18-8-5-15(13)19-12-14-6-9-20(10-7-14)16(21)22-17(2,3)4/h5-6,8,11H,7,9-10,12H2,1-4H3,(H,18,19). The van der Waals surface area contributed by atoms with E-state index in [1.54, 1.807) is 11.1 Å². The number of carbonyl (C=O) groups excluding carboxylic acids is 1. The van der Waals surface area contributed by atoms with Crippen LogP contribution in [0.25, 0.3) is 0 Å². The van der Waals surface area contributed by atoms with Gasteiger partial charge < -0.3 is 15.0 Å². The van der Waals surface area contributed by atoms with Gasteiger partial charge in [0.25, 0.3) is 0 Å². The molecule has 0 spiro atoms. The van der Waals surface area contributed by atoms with Gasteiger partial charge in [-0.15, -0.1) is 0 Å². The molecule has 0 unspecified atom stereocenters. The molecule has 0 bridgehead atoms. The average molecular weight is 303 g/mol. The number of ether oxygens (including phenoxy) is 1. The maximum absolute atomic E-state index is 12.0. The van der Waals surface area contributed by atoms with Crippen LogP contribution in [-0.4, -0.2) is 41.2 Å². The van der Waals surface area contributed by atoms with Crippen LogP contribution in [0.4, 0.5) is 10.5 Å². The van der Waals surface area contributed by atoms with Crippen LogP contribution in [0.3, 0.4) is 0 Å². The number of hydrogen-bond acceptors (Lipinski definition) is 4. The van der Waals surface area contributed by atoms with Crippen molar-refractivity contribution in [3.8, 4) is 0 Å². The predicted octanol–water partition coefficient (Wildman–Crippen LogP) is 3.37. The molecule has 120 valence electrons. The summed E-state index contributed by atoms with van der Waals surface area (Å²) in [4.78, 5) is 17.8. The summed E-state index contributed by atoms with van der Waals surface area (Å²) in [5.74, 6) is 0. The molecule has 5 nitrogen and oxygen atoms in total. The van der Waals surface area contributed by atoms with E-state index in [4.69, 9.17) is 4.74 Å². The minimum absolute atomic E-state index is 0.235. The number of amides is 1. The number of aryl methyl sites for hydroxylation is 1. The Balaban J connectivity index is 1.84. The zero-order chi connectivity index (χ0) is 16.2. The molecular weight excluding hydrogens is 278 g/mol. The first-order valence-corrected chi connectivity index (χ1v) is 7.65. The Morgan fingerprint density at radius 3 is 2.82 bits per heavy atom. The van der Waals surface area contributed by atoms with Gasteiger partial charge in [-0.05, 0) is 45.7 Å². The molecule has 1 amide bonds. The predicted molar refractivity (Wildman–Crippen MR) is 88.0 cm³/mol. The molecule has 1 aromatic heterocycles. The lowest BCUT2D eigenvalue weighted by Gasteiger charge is -2.29. The summed E-state index contributed by atoms with van der Waals surface area (Å²) >= 11 is 0. The Morgan fingerprint density at radius 2 is 2.23 bits per heavy atom. The van der Waals surface area contributed by atoms with Crippen molar-refractivity contribution in [2.24, 2.45) is 0 Å². The molecule has 22 heavy (non-hydrogen) atoms. The Kier molecular flexibility index (Phi) is 5.06. The van der Waals surface area contributed by atoms with E-state index in [0.717, 1.165) is 24.2 Å². The molecule has 1 aromatic rings. The van der Waals surface area contributed by atoms with Crippen LogP contribution < -0.4 is 5.32 Å². The third-order valence-corrected chi connectivity index (χ3v) is 3.48. The summed E-state index contributed by atoms with van der Waals surface area (Å²) in [6.45, 7) is 9.81. The van der Waals surface area contributed by atoms with Gasteiger partial charge in [0.15, 0.2) is 0 Å². The number of aromatic nitrogens is 1. The fourth-order valence-electron chi connectivity index (χ4n) is 2.24. The van der Waals surface area contributed by atoms with Crippen molar-refractivity contribution < 1.29 is 9.53 Å². The van der Waals surface area contributed by atoms with Gasteiger partial charge in [0.05, 0.1) is 0 Å². The summed E-state index contributed by atoms with van der Waals surface area (Å²) in [6.07, 6.45) is 6.38. The Hall–Kier alpha value is -2.04. The molecule has 2 rings (SSSR count). The van der Waals surface area contributed by atoms with E-state index in [1.807, 2.05) is 40.0 Å². The summed E-state index contributed by atoms with van der Waals surface area (Å²) in [7, 11) is 0. The molecule has 1 N–H and O–H groups in total. The van der Waals surface area contributed by atoms with E-state index >= 15 is 0 Å². The monoisotopic (exact) mass is 303 g/mol. The SMILES string of the molecule is Cc1cnccc1NCC1=CCN(C(=O)OC(C)(C)C)CC1. The van der Waals surface area contributed by atoms with E-state index in [0.29, 0.717) is 13.1 Å². The van der Waals surface area contributed by atoms with Crippen molar-refractivity contribution in [1.82, 2.24) is 9.88 Å². The minimum atomic E-state index is -0.443. The minimum Gasteiger partial charge on any atom is -0.444 e. The molecule has 2 heterocycles. The molecule has 0 radical (unpaired) electrons. The second kappa shape index (κ2) is 6.81. The van der Waals surface area contributed by atoms with Gasteiger partial charge in [-0.3, -0.25) is 4.98 Å². The highest BCUT2D eigenvalue weighted by atomic mass is 16.6. The van der Waals surface area contributed by atoms with Gasteiger partial charge in [0.1, 0.15) is 5.60 Å². The quantitative estimate of drug-likeness (QED) is 0.870. The van der Waals surface area contributed by atoms with Gasteiger partial charge in [-0.25, -0.2) is 4.79 Å². The van der Waals surface area contributed by atoms with Crippen LogP contribution in [0.5, 0.6) is 0 Å². The van der Waals surface area contributed by atoms with Crippen molar-refractivity contribution in [1.29, 1.82) is 0 Å². The molecule has 0 atom stereocenters. The molecule has 0 fully saturated rings. The van der Waals surface area contributed by atoms with Crippen LogP contribution in [0.15, 0.2) is 30.1 Å². The molecular formula is C17H25N3O2. The maximum atomic E-state index is 12.0. The molecule has 0 aromatic carbocycles. The van der Waals surface area contributed by atoms with E-state index < -0.39 is 5.60 Å². The normalized spacial score (nSPS) is 15.3. The van der Waals surface area contributed by atoms with Gasteiger partial charge in [-0.1, -0.05) is 11.6 Å². The zero-order valence-corrected chi connectivity index (χ0v) is 13.8. The number of nitrogens with zero attached hydrogens (tertiary/aromatic N) is 2. The second-order valence-electron chi connectivity index (χ2n) is 6.58. The topological polar surface area (TPSA) is 54.5 Å². The summed E-state index contributed by atoms with van der Waals surface area (Å²) in [5.41, 5.74) is 3.11. The van der Waals surface area contributed by atoms with Gasteiger partial charge >= 0.3 is 6.09 Å². The van der Waals surface area contributed by atoms with Crippen LogP contribution in [0.1, 0.15) is 32.8 Å². The van der Waals surface area contributed by atoms with Crippen LogP contribution in [0.2, 0.25) is 0 Å². The lowest BCUT2D eigenvalue weighted by molar-refractivity contribution is 0.0266. The van der Waals surface area contributed by atoms with E-state index in [2.05, 4.69) is 16.4 Å². The largest absolute Gasteiger partial charge is 0.444 e. The van der Waals surface area contributed by atoms with Gasteiger partial charge in [0.2, 0.25) is 0 Å². The number of rotatable bonds is 3. The van der Waals surface area contributed by atoms with Crippen molar-refractivity contribution in [2.75, 3.05) is 25.0 Å². The van der Waals surface area contributed by atoms with E-state index in [1.165, 1.54) is 5.57 Å². The molecule has 1 aliphatic heterocycles. The van der Waals surface area contributed by atoms with Crippen molar-refractivity contribution >= 4 is 11.8 Å². The maximum Gasteiger partial charge on any atom is 0.410 e. The molecule has 0 saturated carbocycles. The first kappa shape index (κ1) is 16.3. The van der Waals surface area contributed by atoms with Crippen LogP contribution >= 0.6 is 0 Å². The highest BCUT2D eigenvalue weighted by Gasteiger charge is 2.23. The van der Waals surface area contributed by atoms with Crippen molar-refractivity contribution in [3.05, 3.63) is 35.7 Å². The third-order valence-electron chi connectivity index (χ3n) is 3.48. The summed E-state index contributed by atoms with van der Waals surface area (Å²) < 4.78 is 5.39. The number of nitrogens with one attached hydrogen (secondary N) is 1. The second-order valence-corrected chi connectivity index (χ2v) is 6.58. The third kappa shape index (κ3) is 4.76. The Bertz CT molecular complexity index is 561. The lowest BCUT2D eigenvalue weighted by Crippen LogP contribution is -2.39. The zero-order valence-electron chi connectivity index (χ0n) is 13.8. The molecule has 1 aliphatic rings. The van der Waals surface area contributed by atoms with Gasteiger partial charge in [0, 0.05) is 37.7 Å². The molecule has 0 aliphatic carbocycles. The smallest absolute Gasteiger partial charge is 0.410 e. The Morgan fingerprint density at radius 1 is 1.45 bits per heavy atom. The number of carbonyl (C=O) groups is 1. The number of pyridine rings is 1. The Labute approximate surface area is 132 Å². The number of hydrogen-bond donors (Lipinski definition) is 1.